The molecular formula is C15H30N2. The SMILES string of the molecule is CNC1CCCCC1N(C)C1CCCCCC1. The Morgan fingerprint density at radius 1 is 0.824 bits per heavy atom. The maximum absolute atomic E-state index is 3.55. The van der Waals surface area contributed by atoms with E-state index in [2.05, 4.69) is 24.3 Å². The monoisotopic (exact) mass is 238 g/mol. The Morgan fingerprint density at radius 3 is 2.06 bits per heavy atom. The highest BCUT2D eigenvalue weighted by Gasteiger charge is 2.30. The molecule has 2 heteroatoms. The number of nitrogens with zero attached hydrogens (tertiary/aromatic N) is 1. The van der Waals surface area contributed by atoms with Gasteiger partial charge in [0.2, 0.25) is 0 Å². The van der Waals surface area contributed by atoms with E-state index in [1.807, 2.05) is 0 Å². The van der Waals surface area contributed by atoms with E-state index in [1.54, 1.807) is 0 Å². The van der Waals surface area contributed by atoms with Gasteiger partial charge >= 0.3 is 0 Å². The summed E-state index contributed by atoms with van der Waals surface area (Å²) < 4.78 is 0. The van der Waals surface area contributed by atoms with Gasteiger partial charge in [0.1, 0.15) is 0 Å². The summed E-state index contributed by atoms with van der Waals surface area (Å²) >= 11 is 0. The molecule has 0 aromatic carbocycles. The summed E-state index contributed by atoms with van der Waals surface area (Å²) in [6.07, 6.45) is 14.3. The van der Waals surface area contributed by atoms with Gasteiger partial charge in [-0.15, -0.1) is 0 Å². The molecular weight excluding hydrogens is 208 g/mol. The lowest BCUT2D eigenvalue weighted by molar-refractivity contribution is 0.100. The first-order valence-corrected chi connectivity index (χ1v) is 7.72. The molecule has 2 aliphatic carbocycles. The summed E-state index contributed by atoms with van der Waals surface area (Å²) in [5.41, 5.74) is 0. The van der Waals surface area contributed by atoms with E-state index in [-0.39, 0.29) is 0 Å². The number of rotatable bonds is 3. The van der Waals surface area contributed by atoms with E-state index in [0.717, 1.165) is 18.1 Å². The van der Waals surface area contributed by atoms with Gasteiger partial charge in [0, 0.05) is 18.1 Å². The summed E-state index contributed by atoms with van der Waals surface area (Å²) in [4.78, 5) is 2.73. The third-order valence-electron chi connectivity index (χ3n) is 5.02. The maximum atomic E-state index is 3.55. The van der Waals surface area contributed by atoms with Crippen LogP contribution >= 0.6 is 0 Å². The van der Waals surface area contributed by atoms with Crippen LogP contribution in [0.4, 0.5) is 0 Å². The van der Waals surface area contributed by atoms with Crippen LogP contribution in [0.25, 0.3) is 0 Å². The van der Waals surface area contributed by atoms with E-state index < -0.39 is 0 Å². The van der Waals surface area contributed by atoms with Gasteiger partial charge in [-0.25, -0.2) is 0 Å². The van der Waals surface area contributed by atoms with Gasteiger partial charge in [-0.1, -0.05) is 38.5 Å². The molecule has 2 atom stereocenters. The Balaban J connectivity index is 1.93. The highest BCUT2D eigenvalue weighted by Crippen LogP contribution is 2.28. The van der Waals surface area contributed by atoms with Crippen molar-refractivity contribution in [2.75, 3.05) is 14.1 Å². The lowest BCUT2D eigenvalue weighted by Crippen LogP contribution is -2.52. The number of nitrogens with one attached hydrogen (secondary N) is 1. The zero-order valence-electron chi connectivity index (χ0n) is 11.8. The minimum atomic E-state index is 0.733. The van der Waals surface area contributed by atoms with Crippen LogP contribution in [0.3, 0.4) is 0 Å². The van der Waals surface area contributed by atoms with Crippen molar-refractivity contribution < 1.29 is 0 Å². The molecule has 0 aromatic rings. The standard InChI is InChI=1S/C15H30N2/c1-16-14-11-7-8-12-15(14)17(2)13-9-5-3-4-6-10-13/h13-16H,3-12H2,1-2H3. The van der Waals surface area contributed by atoms with E-state index in [0.29, 0.717) is 0 Å². The van der Waals surface area contributed by atoms with Gasteiger partial charge in [0.25, 0.3) is 0 Å². The maximum Gasteiger partial charge on any atom is 0.0249 e. The zero-order valence-corrected chi connectivity index (χ0v) is 11.8. The van der Waals surface area contributed by atoms with Crippen molar-refractivity contribution >= 4 is 0 Å². The molecule has 2 saturated carbocycles. The van der Waals surface area contributed by atoms with Crippen molar-refractivity contribution in [2.24, 2.45) is 0 Å². The topological polar surface area (TPSA) is 15.3 Å². The first-order valence-electron chi connectivity index (χ1n) is 7.72. The van der Waals surface area contributed by atoms with Crippen molar-refractivity contribution in [2.45, 2.75) is 82.3 Å². The second-order valence-corrected chi connectivity index (χ2v) is 6.06. The van der Waals surface area contributed by atoms with E-state index >= 15 is 0 Å². The van der Waals surface area contributed by atoms with Crippen molar-refractivity contribution in [1.29, 1.82) is 0 Å². The summed E-state index contributed by atoms with van der Waals surface area (Å²) in [5, 5.41) is 3.55. The van der Waals surface area contributed by atoms with Crippen molar-refractivity contribution in [3.8, 4) is 0 Å². The molecule has 0 aliphatic heterocycles. The summed E-state index contributed by atoms with van der Waals surface area (Å²) in [6, 6.07) is 2.38. The molecule has 1 N–H and O–H groups in total. The average Bonchev–Trinajstić information content (AvgIpc) is 2.66. The molecule has 100 valence electrons. The van der Waals surface area contributed by atoms with Gasteiger partial charge in [-0.3, -0.25) is 4.90 Å². The summed E-state index contributed by atoms with van der Waals surface area (Å²) in [7, 11) is 4.53. The first-order chi connectivity index (χ1) is 8.33. The molecule has 2 aliphatic rings. The van der Waals surface area contributed by atoms with Gasteiger partial charge in [-0.05, 0) is 39.8 Å². The Bertz CT molecular complexity index is 209. The minimum Gasteiger partial charge on any atom is -0.315 e. The molecule has 0 spiro atoms. The molecule has 2 rings (SSSR count). The van der Waals surface area contributed by atoms with Gasteiger partial charge in [-0.2, -0.15) is 0 Å². The minimum absolute atomic E-state index is 0.733. The number of hydrogen-bond donors (Lipinski definition) is 1. The summed E-state index contributed by atoms with van der Waals surface area (Å²) in [6.45, 7) is 0. The molecule has 0 radical (unpaired) electrons. The largest absolute Gasteiger partial charge is 0.315 e. The molecule has 2 nitrogen and oxygen atoms in total. The molecule has 0 bridgehead atoms. The van der Waals surface area contributed by atoms with E-state index in [9.17, 15) is 0 Å². The van der Waals surface area contributed by atoms with Crippen LogP contribution in [-0.2, 0) is 0 Å². The molecule has 0 aromatic heterocycles. The third-order valence-corrected chi connectivity index (χ3v) is 5.02. The predicted octanol–water partition coefficient (Wildman–Crippen LogP) is 3.17. The van der Waals surface area contributed by atoms with Gasteiger partial charge in [0.05, 0.1) is 0 Å². The second kappa shape index (κ2) is 6.75. The third kappa shape index (κ3) is 3.45. The highest BCUT2D eigenvalue weighted by atomic mass is 15.2. The fraction of sp³-hybridized carbons (Fsp3) is 1.00. The normalized spacial score (nSPS) is 32.6. The average molecular weight is 238 g/mol. The predicted molar refractivity (Wildman–Crippen MR) is 74.4 cm³/mol. The molecule has 2 unspecified atom stereocenters. The fourth-order valence-electron chi connectivity index (χ4n) is 3.87. The first kappa shape index (κ1) is 13.4. The Kier molecular flexibility index (Phi) is 5.30. The second-order valence-electron chi connectivity index (χ2n) is 6.06. The number of likely N-dealkylation sites (N-methyl/N-ethyl adjacent to an activating group) is 2. The molecule has 0 saturated heterocycles. The molecule has 2 fully saturated rings. The van der Waals surface area contributed by atoms with Crippen molar-refractivity contribution in [1.82, 2.24) is 10.2 Å². The van der Waals surface area contributed by atoms with Crippen LogP contribution in [0.15, 0.2) is 0 Å². The van der Waals surface area contributed by atoms with Crippen LogP contribution in [0.1, 0.15) is 64.2 Å². The molecule has 0 amide bonds. The lowest BCUT2D eigenvalue weighted by atomic mass is 9.88. The Hall–Kier alpha value is -0.0800. The Morgan fingerprint density at radius 2 is 1.41 bits per heavy atom. The van der Waals surface area contributed by atoms with Crippen LogP contribution < -0.4 is 5.32 Å². The summed E-state index contributed by atoms with van der Waals surface area (Å²) in [5.74, 6) is 0. The fourth-order valence-corrected chi connectivity index (χ4v) is 3.87. The molecule has 17 heavy (non-hydrogen) atoms. The number of hydrogen-bond acceptors (Lipinski definition) is 2. The highest BCUT2D eigenvalue weighted by molar-refractivity contribution is 4.89. The van der Waals surface area contributed by atoms with E-state index in [1.165, 1.54) is 64.2 Å². The quantitative estimate of drug-likeness (QED) is 0.760. The van der Waals surface area contributed by atoms with Gasteiger partial charge in [0.15, 0.2) is 0 Å². The van der Waals surface area contributed by atoms with Gasteiger partial charge < -0.3 is 5.32 Å². The molecule has 0 heterocycles. The van der Waals surface area contributed by atoms with Crippen LogP contribution in [0, 0.1) is 0 Å². The van der Waals surface area contributed by atoms with Crippen molar-refractivity contribution in [3.05, 3.63) is 0 Å². The smallest absolute Gasteiger partial charge is 0.0249 e. The van der Waals surface area contributed by atoms with Crippen LogP contribution in [0.5, 0.6) is 0 Å². The zero-order chi connectivity index (χ0) is 12.1. The lowest BCUT2D eigenvalue weighted by Gasteiger charge is -2.42. The van der Waals surface area contributed by atoms with Crippen LogP contribution in [0.2, 0.25) is 0 Å². The Labute approximate surface area is 107 Å². The van der Waals surface area contributed by atoms with E-state index in [4.69, 9.17) is 0 Å². The van der Waals surface area contributed by atoms with Crippen LogP contribution in [-0.4, -0.2) is 37.1 Å². The van der Waals surface area contributed by atoms with Crippen molar-refractivity contribution in [3.63, 3.8) is 0 Å².